The Labute approximate surface area is 137 Å². The Morgan fingerprint density at radius 1 is 1.00 bits per heavy atom. The van der Waals surface area contributed by atoms with Crippen molar-refractivity contribution in [3.8, 4) is 0 Å². The molecule has 0 bridgehead atoms. The van der Waals surface area contributed by atoms with Gasteiger partial charge in [-0.3, -0.25) is 9.69 Å². The molecule has 7 nitrogen and oxygen atoms in total. The molecule has 0 aliphatic heterocycles. The van der Waals surface area contributed by atoms with Crippen molar-refractivity contribution >= 4 is 40.9 Å². The van der Waals surface area contributed by atoms with E-state index in [2.05, 4.69) is 4.99 Å². The molecule has 0 saturated heterocycles. The van der Waals surface area contributed by atoms with E-state index in [0.717, 1.165) is 0 Å². The fourth-order valence-electron chi connectivity index (χ4n) is 1.96. The number of nitrogens with zero attached hydrogens (tertiary/aromatic N) is 2. The lowest BCUT2D eigenvalue weighted by molar-refractivity contribution is 0.100. The van der Waals surface area contributed by atoms with Crippen molar-refractivity contribution in [2.75, 3.05) is 4.90 Å². The van der Waals surface area contributed by atoms with Crippen LogP contribution in [0.25, 0.3) is 0 Å². The third-order valence-corrected chi connectivity index (χ3v) is 3.22. The van der Waals surface area contributed by atoms with Crippen LogP contribution < -0.4 is 22.1 Å². The van der Waals surface area contributed by atoms with E-state index in [1.165, 1.54) is 23.1 Å². The topological polar surface area (TPSA) is 128 Å². The number of hydrogen-bond donors (Lipinski definition) is 3. The first-order valence-electron chi connectivity index (χ1n) is 6.48. The molecule has 0 aromatic heterocycles. The van der Waals surface area contributed by atoms with E-state index in [0.29, 0.717) is 5.69 Å². The Morgan fingerprint density at radius 2 is 1.65 bits per heavy atom. The molecule has 118 valence electrons. The first-order valence-corrected chi connectivity index (χ1v) is 6.86. The van der Waals surface area contributed by atoms with Crippen LogP contribution in [0, 0.1) is 0 Å². The highest BCUT2D eigenvalue weighted by Gasteiger charge is 2.19. The summed E-state index contributed by atoms with van der Waals surface area (Å²) < 4.78 is 0. The number of carbonyl (C=O) groups is 2. The summed E-state index contributed by atoms with van der Waals surface area (Å²) in [6.45, 7) is 0. The van der Waals surface area contributed by atoms with Gasteiger partial charge in [-0.1, -0.05) is 29.8 Å². The minimum absolute atomic E-state index is 0.167. The van der Waals surface area contributed by atoms with Gasteiger partial charge in [0.2, 0.25) is 0 Å². The number of para-hydroxylation sites is 1. The Bertz CT molecular complexity index is 773. The van der Waals surface area contributed by atoms with Crippen molar-refractivity contribution in [1.29, 1.82) is 0 Å². The number of rotatable bonds is 3. The minimum atomic E-state index is -0.746. The van der Waals surface area contributed by atoms with E-state index in [9.17, 15) is 9.59 Å². The molecule has 0 unspecified atom stereocenters. The molecular weight excluding hydrogens is 318 g/mol. The minimum Gasteiger partial charge on any atom is -0.370 e. The van der Waals surface area contributed by atoms with E-state index in [4.69, 9.17) is 28.8 Å². The molecule has 0 aliphatic carbocycles. The molecule has 0 fully saturated rings. The average Bonchev–Trinajstić information content (AvgIpc) is 2.49. The van der Waals surface area contributed by atoms with E-state index >= 15 is 0 Å². The lowest BCUT2D eigenvalue weighted by Crippen LogP contribution is -2.31. The van der Waals surface area contributed by atoms with Crippen LogP contribution >= 0.6 is 11.6 Å². The molecule has 6 N–H and O–H groups in total. The fourth-order valence-corrected chi connectivity index (χ4v) is 2.16. The van der Waals surface area contributed by atoms with Crippen LogP contribution in [-0.4, -0.2) is 17.9 Å². The van der Waals surface area contributed by atoms with Crippen LogP contribution in [0.4, 0.5) is 16.2 Å². The summed E-state index contributed by atoms with van der Waals surface area (Å²) in [7, 11) is 0. The molecule has 0 saturated carbocycles. The number of carbonyl (C=O) groups excluding carboxylic acids is 2. The quantitative estimate of drug-likeness (QED) is 0.586. The van der Waals surface area contributed by atoms with Crippen molar-refractivity contribution in [3.05, 3.63) is 59.1 Å². The van der Waals surface area contributed by atoms with Crippen molar-refractivity contribution in [2.24, 2.45) is 22.2 Å². The van der Waals surface area contributed by atoms with Crippen molar-refractivity contribution < 1.29 is 9.59 Å². The number of nitrogens with two attached hydrogens (primary N) is 3. The first-order chi connectivity index (χ1) is 10.9. The van der Waals surface area contributed by atoms with Gasteiger partial charge in [0.25, 0.3) is 5.91 Å². The molecule has 0 aliphatic rings. The maximum absolute atomic E-state index is 11.9. The van der Waals surface area contributed by atoms with E-state index < -0.39 is 11.9 Å². The zero-order valence-corrected chi connectivity index (χ0v) is 12.7. The Kier molecular flexibility index (Phi) is 4.82. The summed E-state index contributed by atoms with van der Waals surface area (Å²) in [4.78, 5) is 28.4. The third kappa shape index (κ3) is 3.78. The third-order valence-electron chi connectivity index (χ3n) is 2.90. The van der Waals surface area contributed by atoms with Gasteiger partial charge in [-0.15, -0.1) is 0 Å². The number of hydrogen-bond acceptors (Lipinski definition) is 2. The zero-order valence-electron chi connectivity index (χ0n) is 11.9. The highest BCUT2D eigenvalue weighted by Crippen LogP contribution is 2.32. The van der Waals surface area contributed by atoms with Gasteiger partial charge < -0.3 is 17.2 Å². The van der Waals surface area contributed by atoms with Gasteiger partial charge in [0.05, 0.1) is 16.4 Å². The molecule has 3 amide bonds. The predicted octanol–water partition coefficient (Wildman–Crippen LogP) is 1.97. The molecule has 2 rings (SSSR count). The second kappa shape index (κ2) is 6.80. The Hall–Kier alpha value is -3.06. The van der Waals surface area contributed by atoms with Gasteiger partial charge in [-0.2, -0.15) is 4.99 Å². The summed E-state index contributed by atoms with van der Waals surface area (Å²) in [5.41, 5.74) is 16.8. The number of urea groups is 1. The molecule has 0 spiro atoms. The van der Waals surface area contributed by atoms with Crippen molar-refractivity contribution in [2.45, 2.75) is 0 Å². The van der Waals surface area contributed by atoms with Crippen molar-refractivity contribution in [3.63, 3.8) is 0 Å². The van der Waals surface area contributed by atoms with Crippen LogP contribution in [0.2, 0.25) is 5.02 Å². The first kappa shape index (κ1) is 16.3. The lowest BCUT2D eigenvalue weighted by atomic mass is 10.1. The zero-order chi connectivity index (χ0) is 17.0. The number of amides is 3. The maximum Gasteiger partial charge on any atom is 0.323 e. The molecule has 2 aromatic rings. The van der Waals surface area contributed by atoms with Crippen LogP contribution in [-0.2, 0) is 0 Å². The molecule has 2 aromatic carbocycles. The summed E-state index contributed by atoms with van der Waals surface area (Å²) in [5.74, 6) is -1.01. The summed E-state index contributed by atoms with van der Waals surface area (Å²) in [6.07, 6.45) is 0. The maximum atomic E-state index is 11.9. The predicted molar refractivity (Wildman–Crippen MR) is 89.8 cm³/mol. The second-order valence-electron chi connectivity index (χ2n) is 4.52. The summed E-state index contributed by atoms with van der Waals surface area (Å²) >= 11 is 6.15. The summed E-state index contributed by atoms with van der Waals surface area (Å²) in [6, 6.07) is 12.2. The molecule has 0 radical (unpaired) electrons. The van der Waals surface area contributed by atoms with Crippen LogP contribution in [0.3, 0.4) is 0 Å². The van der Waals surface area contributed by atoms with E-state index in [1.54, 1.807) is 30.3 Å². The van der Waals surface area contributed by atoms with Gasteiger partial charge in [0.15, 0.2) is 5.96 Å². The van der Waals surface area contributed by atoms with Crippen LogP contribution in [0.15, 0.2) is 53.5 Å². The summed E-state index contributed by atoms with van der Waals surface area (Å²) in [5, 5.41) is 0.244. The normalized spacial score (nSPS) is 9.96. The largest absolute Gasteiger partial charge is 0.370 e. The lowest BCUT2D eigenvalue weighted by Gasteiger charge is -2.22. The molecule has 0 atom stereocenters. The van der Waals surface area contributed by atoms with Gasteiger partial charge in [0.1, 0.15) is 0 Å². The van der Waals surface area contributed by atoms with Crippen LogP contribution in [0.5, 0.6) is 0 Å². The molecule has 0 heterocycles. The highest BCUT2D eigenvalue weighted by atomic mass is 35.5. The van der Waals surface area contributed by atoms with Gasteiger partial charge >= 0.3 is 6.03 Å². The van der Waals surface area contributed by atoms with Crippen molar-refractivity contribution in [1.82, 2.24) is 0 Å². The van der Waals surface area contributed by atoms with E-state index in [1.807, 2.05) is 0 Å². The average molecular weight is 332 g/mol. The molecule has 23 heavy (non-hydrogen) atoms. The monoisotopic (exact) mass is 331 g/mol. The second-order valence-corrected chi connectivity index (χ2v) is 4.92. The number of halogens is 1. The molecule has 8 heteroatoms. The molecular formula is C15H14ClN5O2. The fraction of sp³-hybridized carbons (Fsp3) is 0. The Balaban J connectivity index is 2.54. The SMILES string of the molecule is NC(=O)N(c1ccccc1)c1cc(C(=O)N=C(N)N)ccc1Cl. The number of anilines is 2. The number of primary amides is 1. The van der Waals surface area contributed by atoms with E-state index in [-0.39, 0.29) is 22.2 Å². The Morgan fingerprint density at radius 3 is 2.22 bits per heavy atom. The van der Waals surface area contributed by atoms with Gasteiger partial charge in [0, 0.05) is 5.56 Å². The number of aliphatic imine (C=N–C) groups is 1. The number of guanidine groups is 1. The number of benzene rings is 2. The van der Waals surface area contributed by atoms with Gasteiger partial charge in [-0.25, -0.2) is 4.79 Å². The standard InChI is InChI=1S/C15H14ClN5O2/c16-11-7-6-9(13(22)20-14(17)18)8-12(11)21(15(19)23)10-4-2-1-3-5-10/h1-8H,(H2,19,23)(H4,17,18,20,22). The smallest absolute Gasteiger partial charge is 0.323 e. The highest BCUT2D eigenvalue weighted by molar-refractivity contribution is 6.34. The van der Waals surface area contributed by atoms with Gasteiger partial charge in [-0.05, 0) is 30.3 Å². The van der Waals surface area contributed by atoms with Crippen LogP contribution in [0.1, 0.15) is 10.4 Å².